The maximum absolute atomic E-state index is 13.0. The first-order valence-electron chi connectivity index (χ1n) is 8.55. The summed E-state index contributed by atoms with van der Waals surface area (Å²) in [5.74, 6) is -0.232. The summed E-state index contributed by atoms with van der Waals surface area (Å²) < 4.78 is 32.7. The van der Waals surface area contributed by atoms with E-state index in [9.17, 15) is 13.2 Å². The van der Waals surface area contributed by atoms with Crippen molar-refractivity contribution in [3.8, 4) is 5.75 Å². The van der Waals surface area contributed by atoms with E-state index in [1.165, 1.54) is 22.5 Å². The highest BCUT2D eigenvalue weighted by Crippen LogP contribution is 2.28. The molecule has 0 aliphatic carbocycles. The van der Waals surface area contributed by atoms with Gasteiger partial charge in [0.05, 0.1) is 10.6 Å². The molecule has 0 radical (unpaired) electrons. The molecule has 0 saturated carbocycles. The highest BCUT2D eigenvalue weighted by atomic mass is 35.5. The van der Waals surface area contributed by atoms with Crippen molar-refractivity contribution < 1.29 is 17.9 Å². The van der Waals surface area contributed by atoms with Gasteiger partial charge < -0.3 is 4.74 Å². The van der Waals surface area contributed by atoms with Gasteiger partial charge in [-0.2, -0.15) is 4.31 Å². The minimum Gasteiger partial charge on any atom is -0.423 e. The number of hydrogen-bond donors (Lipinski definition) is 0. The normalized spacial score (nSPS) is 16.0. The highest BCUT2D eigenvalue weighted by Gasteiger charge is 2.28. The van der Waals surface area contributed by atoms with Crippen molar-refractivity contribution in [1.82, 2.24) is 4.31 Å². The van der Waals surface area contributed by atoms with Crippen LogP contribution in [-0.2, 0) is 10.0 Å². The topological polar surface area (TPSA) is 63.7 Å². The van der Waals surface area contributed by atoms with Gasteiger partial charge in [0.1, 0.15) is 10.6 Å². The largest absolute Gasteiger partial charge is 0.423 e. The molecule has 138 valence electrons. The Morgan fingerprint density at radius 1 is 0.962 bits per heavy atom. The minimum absolute atomic E-state index is 0.0522. The first kappa shape index (κ1) is 18.9. The van der Waals surface area contributed by atoms with Gasteiger partial charge in [0, 0.05) is 13.1 Å². The van der Waals surface area contributed by atoms with Crippen molar-refractivity contribution in [2.45, 2.75) is 30.6 Å². The van der Waals surface area contributed by atoms with E-state index < -0.39 is 16.0 Å². The molecule has 0 atom stereocenters. The lowest BCUT2D eigenvalue weighted by atomic mass is 10.2. The Balaban J connectivity index is 1.88. The molecule has 26 heavy (non-hydrogen) atoms. The van der Waals surface area contributed by atoms with Crippen LogP contribution in [0.15, 0.2) is 53.4 Å². The van der Waals surface area contributed by atoms with Gasteiger partial charge in [-0.3, -0.25) is 0 Å². The Morgan fingerprint density at radius 3 is 2.27 bits per heavy atom. The number of carbonyl (C=O) groups excluding carboxylic acids is 1. The van der Waals surface area contributed by atoms with E-state index in [2.05, 4.69) is 0 Å². The van der Waals surface area contributed by atoms with Crippen molar-refractivity contribution in [3.63, 3.8) is 0 Å². The molecular formula is C19H20ClNO4S. The van der Waals surface area contributed by atoms with Gasteiger partial charge in [-0.15, -0.1) is 0 Å². The zero-order chi connectivity index (χ0) is 18.6. The van der Waals surface area contributed by atoms with Crippen LogP contribution in [0.25, 0.3) is 0 Å². The summed E-state index contributed by atoms with van der Waals surface area (Å²) >= 11 is 6.15. The van der Waals surface area contributed by atoms with E-state index in [0.29, 0.717) is 18.8 Å². The van der Waals surface area contributed by atoms with E-state index in [1.54, 1.807) is 24.3 Å². The van der Waals surface area contributed by atoms with Gasteiger partial charge in [-0.25, -0.2) is 13.2 Å². The van der Waals surface area contributed by atoms with Crippen LogP contribution in [0.5, 0.6) is 5.75 Å². The van der Waals surface area contributed by atoms with Crippen molar-refractivity contribution in [3.05, 3.63) is 59.1 Å². The van der Waals surface area contributed by atoms with Crippen LogP contribution in [0.1, 0.15) is 36.0 Å². The zero-order valence-corrected chi connectivity index (χ0v) is 15.8. The van der Waals surface area contributed by atoms with E-state index in [-0.39, 0.29) is 15.5 Å². The molecule has 0 bridgehead atoms. The standard InChI is InChI=1S/C19H20ClNO4S/c20-17-11-10-15(19(22)25-16-8-4-3-5-9-16)14-18(17)26(23,24)21-12-6-1-2-7-13-21/h3-5,8-11,14H,1-2,6-7,12-13H2. The van der Waals surface area contributed by atoms with Gasteiger partial charge in [-0.05, 0) is 43.2 Å². The van der Waals surface area contributed by atoms with Crippen LogP contribution in [-0.4, -0.2) is 31.8 Å². The third kappa shape index (κ3) is 4.26. The first-order valence-corrected chi connectivity index (χ1v) is 10.4. The number of rotatable bonds is 4. The lowest BCUT2D eigenvalue weighted by molar-refractivity contribution is 0.0734. The van der Waals surface area contributed by atoms with E-state index in [0.717, 1.165) is 25.7 Å². The summed E-state index contributed by atoms with van der Waals surface area (Å²) in [4.78, 5) is 12.3. The van der Waals surface area contributed by atoms with Gasteiger partial charge >= 0.3 is 5.97 Å². The fraction of sp³-hybridized carbons (Fsp3) is 0.316. The van der Waals surface area contributed by atoms with E-state index in [4.69, 9.17) is 16.3 Å². The third-order valence-electron chi connectivity index (χ3n) is 4.30. The van der Waals surface area contributed by atoms with Crippen LogP contribution in [0, 0.1) is 0 Å². The Labute approximate surface area is 158 Å². The molecule has 5 nitrogen and oxygen atoms in total. The Morgan fingerprint density at radius 2 is 1.62 bits per heavy atom. The van der Waals surface area contributed by atoms with Gasteiger partial charge in [-0.1, -0.05) is 42.6 Å². The predicted octanol–water partition coefficient (Wildman–Crippen LogP) is 4.12. The predicted molar refractivity (Wildman–Crippen MR) is 100 cm³/mol. The van der Waals surface area contributed by atoms with Crippen molar-refractivity contribution in [2.75, 3.05) is 13.1 Å². The number of para-hydroxylation sites is 1. The van der Waals surface area contributed by atoms with Gasteiger partial charge in [0.15, 0.2) is 0 Å². The number of halogens is 1. The summed E-state index contributed by atoms with van der Waals surface area (Å²) in [6, 6.07) is 12.8. The SMILES string of the molecule is O=C(Oc1ccccc1)c1ccc(Cl)c(S(=O)(=O)N2CCCCCC2)c1. The highest BCUT2D eigenvalue weighted by molar-refractivity contribution is 7.89. The fourth-order valence-corrected chi connectivity index (χ4v) is 4.92. The van der Waals surface area contributed by atoms with Crippen LogP contribution in [0.4, 0.5) is 0 Å². The summed E-state index contributed by atoms with van der Waals surface area (Å²) in [6.07, 6.45) is 3.69. The third-order valence-corrected chi connectivity index (χ3v) is 6.68. The minimum atomic E-state index is -3.75. The average Bonchev–Trinajstić information content (AvgIpc) is 2.92. The molecule has 7 heteroatoms. The molecular weight excluding hydrogens is 374 g/mol. The summed E-state index contributed by atoms with van der Waals surface area (Å²) in [7, 11) is -3.75. The lowest BCUT2D eigenvalue weighted by Gasteiger charge is -2.21. The molecule has 0 N–H and O–H groups in total. The van der Waals surface area contributed by atoms with Crippen molar-refractivity contribution in [2.24, 2.45) is 0 Å². The summed E-state index contributed by atoms with van der Waals surface area (Å²) in [5.41, 5.74) is 0.145. The molecule has 1 aliphatic rings. The van der Waals surface area contributed by atoms with E-state index >= 15 is 0 Å². The Kier molecular flexibility index (Phi) is 5.96. The second kappa shape index (κ2) is 8.20. The Hall–Kier alpha value is -1.89. The molecule has 1 saturated heterocycles. The molecule has 1 fully saturated rings. The molecule has 1 heterocycles. The van der Waals surface area contributed by atoms with Crippen LogP contribution < -0.4 is 4.74 Å². The molecule has 0 spiro atoms. The molecule has 2 aromatic rings. The van der Waals surface area contributed by atoms with Crippen molar-refractivity contribution in [1.29, 1.82) is 0 Å². The fourth-order valence-electron chi connectivity index (χ4n) is 2.90. The quantitative estimate of drug-likeness (QED) is 0.578. The second-order valence-electron chi connectivity index (χ2n) is 6.17. The maximum Gasteiger partial charge on any atom is 0.343 e. The second-order valence-corrected chi connectivity index (χ2v) is 8.48. The van der Waals surface area contributed by atoms with Gasteiger partial charge in [0.2, 0.25) is 10.0 Å². The number of hydrogen-bond acceptors (Lipinski definition) is 4. The van der Waals surface area contributed by atoms with Crippen LogP contribution in [0.3, 0.4) is 0 Å². The summed E-state index contributed by atoms with van der Waals surface area (Å²) in [6.45, 7) is 0.939. The molecule has 1 aliphatic heterocycles. The molecule has 0 amide bonds. The van der Waals surface area contributed by atoms with Crippen LogP contribution >= 0.6 is 11.6 Å². The first-order chi connectivity index (χ1) is 12.5. The van der Waals surface area contributed by atoms with Crippen molar-refractivity contribution >= 4 is 27.6 Å². The summed E-state index contributed by atoms with van der Waals surface area (Å²) in [5, 5.41) is 0.102. The number of nitrogens with zero attached hydrogens (tertiary/aromatic N) is 1. The number of carbonyl (C=O) groups is 1. The smallest absolute Gasteiger partial charge is 0.343 e. The zero-order valence-electron chi connectivity index (χ0n) is 14.2. The Bertz CT molecular complexity index is 876. The number of esters is 1. The number of ether oxygens (including phenoxy) is 1. The molecule has 3 rings (SSSR count). The number of sulfonamides is 1. The number of benzene rings is 2. The lowest BCUT2D eigenvalue weighted by Crippen LogP contribution is -2.32. The van der Waals surface area contributed by atoms with E-state index in [1.807, 2.05) is 6.07 Å². The van der Waals surface area contributed by atoms with Crippen LogP contribution in [0.2, 0.25) is 5.02 Å². The average molecular weight is 394 g/mol. The molecule has 0 aromatic heterocycles. The molecule has 0 unspecified atom stereocenters. The monoisotopic (exact) mass is 393 g/mol. The molecule has 2 aromatic carbocycles. The maximum atomic E-state index is 13.0. The van der Waals surface area contributed by atoms with Gasteiger partial charge in [0.25, 0.3) is 0 Å².